The van der Waals surface area contributed by atoms with Gasteiger partial charge in [-0.05, 0) is 50.1 Å². The molecule has 0 unspecified atom stereocenters. The van der Waals surface area contributed by atoms with Gasteiger partial charge < -0.3 is 21.7 Å². The summed E-state index contributed by atoms with van der Waals surface area (Å²) < 4.78 is 14.4. The van der Waals surface area contributed by atoms with E-state index in [1.54, 1.807) is 43.3 Å². The van der Waals surface area contributed by atoms with Gasteiger partial charge in [-0.1, -0.05) is 29.8 Å². The van der Waals surface area contributed by atoms with Gasteiger partial charge in [-0.2, -0.15) is 0 Å². The highest BCUT2D eigenvalue weighted by atomic mass is 35.5. The first-order valence-corrected chi connectivity index (χ1v) is 11.7. The number of carbonyl (C=O) groups is 2. The molecule has 8 nitrogen and oxygen atoms in total. The predicted molar refractivity (Wildman–Crippen MR) is 133 cm³/mol. The van der Waals surface area contributed by atoms with Crippen molar-refractivity contribution < 1.29 is 14.0 Å². The highest BCUT2D eigenvalue weighted by molar-refractivity contribution is 6.31. The number of nitrogens with one attached hydrogen (secondary N) is 3. The normalized spacial score (nSPS) is 15.5. The smallest absolute Gasteiger partial charge is 0.274 e. The molecule has 2 aromatic carbocycles. The van der Waals surface area contributed by atoms with Crippen LogP contribution >= 0.6 is 11.6 Å². The maximum atomic E-state index is 14.4. The number of nitrogen functional groups attached to an aromatic ring is 1. The summed E-state index contributed by atoms with van der Waals surface area (Å²) in [5.74, 6) is -1.22. The van der Waals surface area contributed by atoms with Crippen molar-refractivity contribution in [1.82, 2.24) is 25.9 Å². The van der Waals surface area contributed by atoms with Crippen molar-refractivity contribution in [2.75, 3.05) is 18.8 Å². The van der Waals surface area contributed by atoms with Crippen LogP contribution in [0.3, 0.4) is 0 Å². The number of halogens is 2. The van der Waals surface area contributed by atoms with Crippen molar-refractivity contribution in [2.24, 2.45) is 0 Å². The van der Waals surface area contributed by atoms with Crippen LogP contribution in [0.15, 0.2) is 42.6 Å². The Morgan fingerprint density at radius 3 is 2.86 bits per heavy atom. The zero-order valence-electron chi connectivity index (χ0n) is 19.2. The molecule has 0 bridgehead atoms. The Labute approximate surface area is 207 Å². The number of carbonyl (C=O) groups excluding carboxylic acids is 2. The van der Waals surface area contributed by atoms with Gasteiger partial charge in [0.25, 0.3) is 11.8 Å². The summed E-state index contributed by atoms with van der Waals surface area (Å²) in [4.78, 5) is 34.1. The first kappa shape index (κ1) is 24.6. The molecule has 0 spiro atoms. The number of anilines is 1. The van der Waals surface area contributed by atoms with E-state index in [1.165, 1.54) is 6.20 Å². The summed E-state index contributed by atoms with van der Waals surface area (Å²) in [5.41, 5.74) is 7.95. The first-order valence-electron chi connectivity index (χ1n) is 11.3. The molecule has 1 aliphatic heterocycles. The Morgan fingerprint density at radius 1 is 1.26 bits per heavy atom. The van der Waals surface area contributed by atoms with Crippen LogP contribution in [0, 0.1) is 12.7 Å². The summed E-state index contributed by atoms with van der Waals surface area (Å²) in [6, 6.07) is 9.87. The lowest BCUT2D eigenvalue weighted by molar-refractivity contribution is 0.0923. The van der Waals surface area contributed by atoms with Crippen molar-refractivity contribution >= 4 is 29.2 Å². The fraction of sp³-hybridized carbons (Fsp3) is 0.280. The van der Waals surface area contributed by atoms with Crippen LogP contribution in [-0.2, 0) is 6.54 Å². The zero-order chi connectivity index (χ0) is 24.9. The Bertz CT molecular complexity index is 1260. The molecule has 3 aromatic rings. The molecule has 0 radical (unpaired) electrons. The molecule has 2 amide bonds. The lowest BCUT2D eigenvalue weighted by Gasteiger charge is -2.23. The third-order valence-corrected chi connectivity index (χ3v) is 6.23. The quantitative estimate of drug-likeness (QED) is 0.415. The number of benzene rings is 2. The Morgan fingerprint density at radius 2 is 2.09 bits per heavy atom. The van der Waals surface area contributed by atoms with Crippen LogP contribution in [0.4, 0.5) is 10.2 Å². The molecule has 1 aromatic heterocycles. The molecule has 182 valence electrons. The highest BCUT2D eigenvalue weighted by Crippen LogP contribution is 2.23. The second-order valence-corrected chi connectivity index (χ2v) is 8.83. The van der Waals surface area contributed by atoms with E-state index in [0.29, 0.717) is 28.9 Å². The molecule has 1 fully saturated rings. The minimum Gasteiger partial charge on any atom is -0.382 e. The topological polar surface area (TPSA) is 122 Å². The minimum atomic E-state index is -0.446. The molecule has 35 heavy (non-hydrogen) atoms. The third kappa shape index (κ3) is 5.75. The van der Waals surface area contributed by atoms with Crippen LogP contribution in [0.1, 0.15) is 44.8 Å². The summed E-state index contributed by atoms with van der Waals surface area (Å²) in [6.45, 7) is 3.19. The average molecular weight is 497 g/mol. The lowest BCUT2D eigenvalue weighted by atomic mass is 10.1. The molecule has 4 rings (SSSR count). The number of amides is 2. The van der Waals surface area contributed by atoms with Gasteiger partial charge in [-0.25, -0.2) is 14.4 Å². The number of nitrogens with two attached hydrogens (primary N) is 1. The highest BCUT2D eigenvalue weighted by Gasteiger charge is 2.20. The largest absolute Gasteiger partial charge is 0.382 e. The van der Waals surface area contributed by atoms with E-state index in [2.05, 4.69) is 25.9 Å². The van der Waals surface area contributed by atoms with Crippen molar-refractivity contribution in [3.63, 3.8) is 0 Å². The van der Waals surface area contributed by atoms with Crippen molar-refractivity contribution in [2.45, 2.75) is 32.4 Å². The lowest BCUT2D eigenvalue weighted by Crippen LogP contribution is -2.46. The van der Waals surface area contributed by atoms with E-state index in [4.69, 9.17) is 17.3 Å². The number of hydrogen-bond acceptors (Lipinski definition) is 6. The van der Waals surface area contributed by atoms with E-state index < -0.39 is 17.6 Å². The second kappa shape index (κ2) is 10.8. The maximum Gasteiger partial charge on any atom is 0.274 e. The van der Waals surface area contributed by atoms with Gasteiger partial charge >= 0.3 is 0 Å². The van der Waals surface area contributed by atoms with Gasteiger partial charge in [-0.3, -0.25) is 9.59 Å². The van der Waals surface area contributed by atoms with E-state index in [1.807, 2.05) is 0 Å². The van der Waals surface area contributed by atoms with Gasteiger partial charge in [-0.15, -0.1) is 0 Å². The van der Waals surface area contributed by atoms with Gasteiger partial charge in [0.1, 0.15) is 5.82 Å². The fourth-order valence-corrected chi connectivity index (χ4v) is 4.11. The van der Waals surface area contributed by atoms with Crippen molar-refractivity contribution in [3.8, 4) is 11.3 Å². The van der Waals surface area contributed by atoms with E-state index in [9.17, 15) is 14.0 Å². The van der Waals surface area contributed by atoms with Crippen LogP contribution in [0.2, 0.25) is 5.02 Å². The maximum absolute atomic E-state index is 14.4. The van der Waals surface area contributed by atoms with Crippen molar-refractivity contribution in [3.05, 3.63) is 75.8 Å². The van der Waals surface area contributed by atoms with Gasteiger partial charge in [0.15, 0.2) is 11.5 Å². The number of piperidine rings is 1. The fourth-order valence-electron chi connectivity index (χ4n) is 3.90. The van der Waals surface area contributed by atoms with Gasteiger partial charge in [0, 0.05) is 40.8 Å². The number of hydrogen-bond donors (Lipinski definition) is 4. The molecule has 1 aliphatic rings. The van der Waals surface area contributed by atoms with E-state index in [0.717, 1.165) is 19.4 Å². The van der Waals surface area contributed by atoms with E-state index >= 15 is 0 Å². The van der Waals surface area contributed by atoms with Crippen LogP contribution in [0.25, 0.3) is 11.3 Å². The summed E-state index contributed by atoms with van der Waals surface area (Å²) in [5, 5.41) is 9.12. The molecule has 1 saturated heterocycles. The summed E-state index contributed by atoms with van der Waals surface area (Å²) in [7, 11) is 0. The molecule has 2 heterocycles. The Kier molecular flexibility index (Phi) is 7.57. The standard InChI is InChI=1S/C25H26ClFN6O2/c1-14-7-8-19(26)18(21(14)27)12-31-24(34)16-5-2-4-15(10-16)20-13-30-23(28)22(33-20)25(35)32-17-6-3-9-29-11-17/h2,4-5,7-8,10,13,17,29H,3,6,9,11-12H2,1H3,(H2,28,30)(H,31,34)(H,32,35)/t17-/m0/s1. The van der Waals surface area contributed by atoms with Gasteiger partial charge in [0.05, 0.1) is 11.9 Å². The van der Waals surface area contributed by atoms with Gasteiger partial charge in [0.2, 0.25) is 0 Å². The second-order valence-electron chi connectivity index (χ2n) is 8.43. The van der Waals surface area contributed by atoms with Crippen molar-refractivity contribution in [1.29, 1.82) is 0 Å². The Hall–Kier alpha value is -3.56. The van der Waals surface area contributed by atoms with Crippen LogP contribution in [0.5, 0.6) is 0 Å². The van der Waals surface area contributed by atoms with E-state index in [-0.39, 0.29) is 34.7 Å². The molecule has 1 atom stereocenters. The number of aryl methyl sites for hydroxylation is 1. The minimum absolute atomic E-state index is 0.000118. The van der Waals surface area contributed by atoms with Crippen LogP contribution < -0.4 is 21.7 Å². The summed E-state index contributed by atoms with van der Waals surface area (Å²) in [6.07, 6.45) is 3.30. The number of nitrogens with zero attached hydrogens (tertiary/aromatic N) is 2. The molecule has 0 aliphatic carbocycles. The Balaban J connectivity index is 1.50. The average Bonchev–Trinajstić information content (AvgIpc) is 2.87. The first-order chi connectivity index (χ1) is 16.8. The molecule has 0 saturated carbocycles. The van der Waals surface area contributed by atoms with Crippen LogP contribution in [-0.4, -0.2) is 40.9 Å². The molecular formula is C25H26ClFN6O2. The number of rotatable bonds is 6. The predicted octanol–water partition coefficient (Wildman–Crippen LogP) is 3.24. The third-order valence-electron chi connectivity index (χ3n) is 5.87. The molecular weight excluding hydrogens is 471 g/mol. The SMILES string of the molecule is Cc1ccc(Cl)c(CNC(=O)c2cccc(-c3cnc(N)c(C(=O)N[C@H]4CCCNC4)n3)c2)c1F. The summed E-state index contributed by atoms with van der Waals surface area (Å²) >= 11 is 6.10. The molecule has 5 N–H and O–H groups in total. The monoisotopic (exact) mass is 496 g/mol. The number of aromatic nitrogens is 2. The zero-order valence-corrected chi connectivity index (χ0v) is 20.0. The molecule has 10 heteroatoms.